The molecule has 0 fully saturated rings. The van der Waals surface area contributed by atoms with Crippen LogP contribution in [0.1, 0.15) is 0 Å². The Hall–Kier alpha value is -2.84. The van der Waals surface area contributed by atoms with Gasteiger partial charge in [-0.3, -0.25) is 0 Å². The highest BCUT2D eigenvalue weighted by Gasteiger charge is 2.12. The summed E-state index contributed by atoms with van der Waals surface area (Å²) in [5.41, 5.74) is 5.50. The second-order valence-corrected chi connectivity index (χ2v) is 6.67. The molecule has 0 radical (unpaired) electrons. The molecular formula is C24H20BrN. The lowest BCUT2D eigenvalue weighted by Crippen LogP contribution is -2.14. The standard InChI is InChI=1S/C24H20BrN/c1-3-8-22(4-2)26(23-9-6-5-7-10-23)24-17-13-20(14-18-24)19-11-15-21(25)16-12-19/h3-18H,1-2H2/b22-8+. The van der Waals surface area contributed by atoms with E-state index in [9.17, 15) is 0 Å². The smallest absolute Gasteiger partial charge is 0.0462 e. The van der Waals surface area contributed by atoms with Gasteiger partial charge in [-0.1, -0.05) is 77.6 Å². The molecule has 128 valence electrons. The normalized spacial score (nSPS) is 11.0. The van der Waals surface area contributed by atoms with E-state index < -0.39 is 0 Å². The van der Waals surface area contributed by atoms with Crippen molar-refractivity contribution in [3.8, 4) is 11.1 Å². The lowest BCUT2D eigenvalue weighted by molar-refractivity contribution is 1.21. The third-order valence-electron chi connectivity index (χ3n) is 4.07. The van der Waals surface area contributed by atoms with Crippen LogP contribution in [0.5, 0.6) is 0 Å². The van der Waals surface area contributed by atoms with Gasteiger partial charge in [0, 0.05) is 21.5 Å². The Bertz CT molecular complexity index is 907. The second kappa shape index (κ2) is 8.50. The predicted molar refractivity (Wildman–Crippen MR) is 117 cm³/mol. The predicted octanol–water partition coefficient (Wildman–Crippen LogP) is 7.51. The Morgan fingerprint density at radius 3 is 1.81 bits per heavy atom. The summed E-state index contributed by atoms with van der Waals surface area (Å²) in [4.78, 5) is 2.17. The number of anilines is 2. The molecule has 0 saturated carbocycles. The van der Waals surface area contributed by atoms with Crippen molar-refractivity contribution in [3.05, 3.63) is 120 Å². The van der Waals surface area contributed by atoms with Crippen molar-refractivity contribution in [2.45, 2.75) is 0 Å². The minimum absolute atomic E-state index is 0.975. The third kappa shape index (κ3) is 4.04. The van der Waals surface area contributed by atoms with E-state index in [1.807, 2.05) is 30.4 Å². The van der Waals surface area contributed by atoms with Crippen LogP contribution >= 0.6 is 15.9 Å². The van der Waals surface area contributed by atoms with Crippen LogP contribution in [0.25, 0.3) is 11.1 Å². The van der Waals surface area contributed by atoms with Crippen LogP contribution in [0.2, 0.25) is 0 Å². The zero-order valence-corrected chi connectivity index (χ0v) is 16.1. The van der Waals surface area contributed by atoms with Gasteiger partial charge in [0.1, 0.15) is 0 Å². The molecule has 0 saturated heterocycles. The summed E-state index contributed by atoms with van der Waals surface area (Å²) >= 11 is 3.48. The average molecular weight is 402 g/mol. The van der Waals surface area contributed by atoms with Gasteiger partial charge in [0.2, 0.25) is 0 Å². The lowest BCUT2D eigenvalue weighted by Gasteiger charge is -2.26. The van der Waals surface area contributed by atoms with E-state index in [0.29, 0.717) is 0 Å². The summed E-state index contributed by atoms with van der Waals surface area (Å²) in [5, 5.41) is 0. The van der Waals surface area contributed by atoms with Crippen LogP contribution in [0, 0.1) is 0 Å². The van der Waals surface area contributed by atoms with Crippen molar-refractivity contribution in [2.75, 3.05) is 4.90 Å². The molecule has 1 nitrogen and oxygen atoms in total. The first-order valence-corrected chi connectivity index (χ1v) is 9.18. The van der Waals surface area contributed by atoms with E-state index in [0.717, 1.165) is 21.5 Å². The minimum atomic E-state index is 0.975. The quantitative estimate of drug-likeness (QED) is 0.386. The first-order chi connectivity index (χ1) is 12.7. The molecule has 0 aromatic heterocycles. The van der Waals surface area contributed by atoms with Gasteiger partial charge in [-0.05, 0) is 59.7 Å². The molecule has 0 heterocycles. The fourth-order valence-corrected chi connectivity index (χ4v) is 3.09. The zero-order chi connectivity index (χ0) is 18.4. The molecule has 0 amide bonds. The first kappa shape index (κ1) is 18.0. The van der Waals surface area contributed by atoms with Gasteiger partial charge < -0.3 is 4.90 Å². The number of halogens is 1. The fourth-order valence-electron chi connectivity index (χ4n) is 2.82. The molecule has 3 aromatic carbocycles. The highest BCUT2D eigenvalue weighted by Crippen LogP contribution is 2.32. The summed E-state index contributed by atoms with van der Waals surface area (Å²) in [7, 11) is 0. The molecule has 0 spiro atoms. The number of nitrogens with zero attached hydrogens (tertiary/aromatic N) is 1. The highest BCUT2D eigenvalue weighted by atomic mass is 79.9. The number of hydrogen-bond acceptors (Lipinski definition) is 1. The van der Waals surface area contributed by atoms with Crippen molar-refractivity contribution >= 4 is 27.3 Å². The van der Waals surface area contributed by atoms with Crippen molar-refractivity contribution in [1.29, 1.82) is 0 Å². The van der Waals surface area contributed by atoms with Gasteiger partial charge in [0.05, 0.1) is 0 Å². The number of rotatable bonds is 6. The van der Waals surface area contributed by atoms with Gasteiger partial charge in [0.25, 0.3) is 0 Å². The van der Waals surface area contributed by atoms with E-state index in [2.05, 4.69) is 94.7 Å². The number of allylic oxidation sites excluding steroid dienone is 3. The Morgan fingerprint density at radius 1 is 0.731 bits per heavy atom. The molecule has 26 heavy (non-hydrogen) atoms. The molecule has 0 aliphatic heterocycles. The maximum Gasteiger partial charge on any atom is 0.0462 e. The summed E-state index contributed by atoms with van der Waals surface area (Å²) < 4.78 is 1.08. The van der Waals surface area contributed by atoms with E-state index in [1.54, 1.807) is 6.08 Å². The van der Waals surface area contributed by atoms with E-state index in [-0.39, 0.29) is 0 Å². The second-order valence-electron chi connectivity index (χ2n) is 5.76. The van der Waals surface area contributed by atoms with Crippen LogP contribution in [-0.2, 0) is 0 Å². The van der Waals surface area contributed by atoms with E-state index in [4.69, 9.17) is 0 Å². The maximum absolute atomic E-state index is 3.96. The zero-order valence-electron chi connectivity index (χ0n) is 14.5. The molecule has 0 atom stereocenters. The van der Waals surface area contributed by atoms with Crippen LogP contribution < -0.4 is 4.90 Å². The van der Waals surface area contributed by atoms with Crippen LogP contribution in [0.3, 0.4) is 0 Å². The maximum atomic E-state index is 3.96. The van der Waals surface area contributed by atoms with Gasteiger partial charge in [-0.25, -0.2) is 0 Å². The fraction of sp³-hybridized carbons (Fsp3) is 0. The van der Waals surface area contributed by atoms with Crippen molar-refractivity contribution < 1.29 is 0 Å². The van der Waals surface area contributed by atoms with Crippen LogP contribution in [0.4, 0.5) is 11.4 Å². The molecular weight excluding hydrogens is 382 g/mol. The Morgan fingerprint density at radius 2 is 1.27 bits per heavy atom. The summed E-state index contributed by atoms with van der Waals surface area (Å²) in [6.07, 6.45) is 5.59. The minimum Gasteiger partial charge on any atom is -0.311 e. The average Bonchev–Trinajstić information content (AvgIpc) is 2.69. The van der Waals surface area contributed by atoms with Gasteiger partial charge in [-0.2, -0.15) is 0 Å². The molecule has 0 N–H and O–H groups in total. The van der Waals surface area contributed by atoms with Crippen molar-refractivity contribution in [3.63, 3.8) is 0 Å². The highest BCUT2D eigenvalue weighted by molar-refractivity contribution is 9.10. The van der Waals surface area contributed by atoms with Gasteiger partial charge in [-0.15, -0.1) is 0 Å². The van der Waals surface area contributed by atoms with Crippen LogP contribution in [-0.4, -0.2) is 0 Å². The Labute approximate surface area is 163 Å². The van der Waals surface area contributed by atoms with Gasteiger partial charge >= 0.3 is 0 Å². The topological polar surface area (TPSA) is 3.24 Å². The molecule has 0 bridgehead atoms. The number of para-hydroxylation sites is 1. The van der Waals surface area contributed by atoms with E-state index >= 15 is 0 Å². The molecule has 0 aliphatic carbocycles. The number of benzene rings is 3. The van der Waals surface area contributed by atoms with E-state index in [1.165, 1.54) is 11.1 Å². The van der Waals surface area contributed by atoms with Gasteiger partial charge in [0.15, 0.2) is 0 Å². The lowest BCUT2D eigenvalue weighted by atomic mass is 10.0. The molecule has 2 heteroatoms. The molecule has 3 rings (SSSR count). The summed E-state index contributed by atoms with van der Waals surface area (Å²) in [6.45, 7) is 7.79. The first-order valence-electron chi connectivity index (χ1n) is 8.39. The van der Waals surface area contributed by atoms with Crippen molar-refractivity contribution in [1.82, 2.24) is 0 Å². The summed E-state index contributed by atoms with van der Waals surface area (Å²) in [6, 6.07) is 27.1. The Balaban J connectivity index is 2.02. The SMILES string of the molecule is C=C/C=C(\C=C)N(c1ccccc1)c1ccc(-c2ccc(Br)cc2)cc1. The Kier molecular flexibility index (Phi) is 5.88. The van der Waals surface area contributed by atoms with Crippen LogP contribution in [0.15, 0.2) is 120 Å². The van der Waals surface area contributed by atoms with Crippen molar-refractivity contribution in [2.24, 2.45) is 0 Å². The molecule has 3 aromatic rings. The largest absolute Gasteiger partial charge is 0.311 e. The summed E-state index contributed by atoms with van der Waals surface area (Å²) in [5.74, 6) is 0. The molecule has 0 aliphatic rings. The third-order valence-corrected chi connectivity index (χ3v) is 4.60. The monoisotopic (exact) mass is 401 g/mol. The number of hydrogen-bond donors (Lipinski definition) is 0. The molecule has 0 unspecified atom stereocenters.